The minimum Gasteiger partial charge on any atom is -0.497 e. The van der Waals surface area contributed by atoms with Gasteiger partial charge < -0.3 is 4.74 Å². The Morgan fingerprint density at radius 3 is 2.37 bits per heavy atom. The summed E-state index contributed by atoms with van der Waals surface area (Å²) in [5, 5.41) is 1.51. The number of halogens is 2. The van der Waals surface area contributed by atoms with Crippen LogP contribution in [-0.4, -0.2) is 7.11 Å². The molecule has 1 nitrogen and oxygen atoms in total. The fraction of sp³-hybridized carbons (Fsp3) is 0.375. The molecular formula is C16H18F2O. The van der Waals surface area contributed by atoms with Gasteiger partial charge in [-0.3, -0.25) is 0 Å². The van der Waals surface area contributed by atoms with Gasteiger partial charge in [-0.2, -0.15) is 0 Å². The Morgan fingerprint density at radius 1 is 1.16 bits per heavy atom. The number of ether oxygens (including phenoxy) is 1. The maximum atomic E-state index is 14.0. The van der Waals surface area contributed by atoms with Crippen LogP contribution in [0, 0.1) is 11.6 Å². The second kappa shape index (κ2) is 5.16. The summed E-state index contributed by atoms with van der Waals surface area (Å²) >= 11 is 0. The van der Waals surface area contributed by atoms with Crippen molar-refractivity contribution in [3.05, 3.63) is 41.0 Å². The Bertz CT molecular complexity index is 618. The van der Waals surface area contributed by atoms with Gasteiger partial charge in [0.2, 0.25) is 0 Å². The smallest absolute Gasteiger partial charge is 0.162 e. The first-order valence-electron chi connectivity index (χ1n) is 6.48. The third-order valence-electron chi connectivity index (χ3n) is 3.44. The monoisotopic (exact) mass is 264 g/mol. The molecule has 3 heteroatoms. The molecule has 0 fully saturated rings. The maximum Gasteiger partial charge on any atom is 0.162 e. The summed E-state index contributed by atoms with van der Waals surface area (Å²) in [5.74, 6) is -0.647. The number of methoxy groups -OCH3 is 1. The molecule has 0 heterocycles. The molecule has 0 radical (unpaired) electrons. The number of aryl methyl sites for hydroxylation is 1. The van der Waals surface area contributed by atoms with Gasteiger partial charge in [-0.1, -0.05) is 20.8 Å². The summed E-state index contributed by atoms with van der Waals surface area (Å²) in [6.07, 6.45) is 0.464. The number of benzene rings is 2. The molecule has 0 aromatic heterocycles. The van der Waals surface area contributed by atoms with Gasteiger partial charge in [-0.15, -0.1) is 0 Å². The standard InChI is InChI=1S/C16H18F2O/c1-5-12-15-10(7-14(17)16(12)18)6-11(19-4)8-13(15)9(2)3/h6-9H,5H2,1-4H3. The summed E-state index contributed by atoms with van der Waals surface area (Å²) in [7, 11) is 1.58. The zero-order valence-electron chi connectivity index (χ0n) is 11.7. The molecule has 0 spiro atoms. The van der Waals surface area contributed by atoms with Crippen LogP contribution in [0.1, 0.15) is 37.8 Å². The highest BCUT2D eigenvalue weighted by molar-refractivity contribution is 5.91. The minimum absolute atomic E-state index is 0.216. The van der Waals surface area contributed by atoms with E-state index in [9.17, 15) is 8.78 Å². The van der Waals surface area contributed by atoms with Crippen LogP contribution in [0.3, 0.4) is 0 Å². The first-order valence-corrected chi connectivity index (χ1v) is 6.48. The highest BCUT2D eigenvalue weighted by Gasteiger charge is 2.17. The van der Waals surface area contributed by atoms with E-state index in [4.69, 9.17) is 4.74 Å². The topological polar surface area (TPSA) is 9.23 Å². The van der Waals surface area contributed by atoms with E-state index in [-0.39, 0.29) is 5.92 Å². The molecule has 0 saturated carbocycles. The second-order valence-electron chi connectivity index (χ2n) is 4.97. The number of fused-ring (bicyclic) bond motifs is 1. The van der Waals surface area contributed by atoms with E-state index in [1.54, 1.807) is 13.2 Å². The Kier molecular flexibility index (Phi) is 3.74. The molecular weight excluding hydrogens is 246 g/mol. The Hall–Kier alpha value is -1.64. The van der Waals surface area contributed by atoms with E-state index in [1.165, 1.54) is 6.07 Å². The number of hydrogen-bond acceptors (Lipinski definition) is 1. The van der Waals surface area contributed by atoms with Crippen LogP contribution in [0.15, 0.2) is 18.2 Å². The van der Waals surface area contributed by atoms with Crippen LogP contribution < -0.4 is 4.74 Å². The van der Waals surface area contributed by atoms with Crippen molar-refractivity contribution >= 4 is 10.8 Å². The lowest BCUT2D eigenvalue weighted by atomic mass is 9.91. The highest BCUT2D eigenvalue weighted by atomic mass is 19.2. The van der Waals surface area contributed by atoms with Gasteiger partial charge in [0.05, 0.1) is 7.11 Å². The first-order chi connectivity index (χ1) is 8.99. The zero-order chi connectivity index (χ0) is 14.2. The number of hydrogen-bond donors (Lipinski definition) is 0. The van der Waals surface area contributed by atoms with Crippen molar-refractivity contribution in [3.8, 4) is 5.75 Å². The highest BCUT2D eigenvalue weighted by Crippen LogP contribution is 2.35. The summed E-state index contributed by atoms with van der Waals surface area (Å²) in [6, 6.07) is 4.91. The van der Waals surface area contributed by atoms with Crippen LogP contribution in [0.25, 0.3) is 10.8 Å². The largest absolute Gasteiger partial charge is 0.497 e. The van der Waals surface area contributed by atoms with Gasteiger partial charge in [0.25, 0.3) is 0 Å². The van der Waals surface area contributed by atoms with Crippen molar-refractivity contribution in [2.45, 2.75) is 33.1 Å². The minimum atomic E-state index is -0.799. The van der Waals surface area contributed by atoms with E-state index in [0.717, 1.165) is 10.9 Å². The lowest BCUT2D eigenvalue weighted by Gasteiger charge is -2.16. The lowest BCUT2D eigenvalue weighted by Crippen LogP contribution is -2.00. The van der Waals surface area contributed by atoms with E-state index in [1.807, 2.05) is 26.8 Å². The van der Waals surface area contributed by atoms with Gasteiger partial charge >= 0.3 is 0 Å². The van der Waals surface area contributed by atoms with Gasteiger partial charge in [0.1, 0.15) is 5.75 Å². The molecule has 2 aromatic carbocycles. The van der Waals surface area contributed by atoms with Crippen LogP contribution in [-0.2, 0) is 6.42 Å². The van der Waals surface area contributed by atoms with E-state index >= 15 is 0 Å². The van der Waals surface area contributed by atoms with Crippen LogP contribution >= 0.6 is 0 Å². The maximum absolute atomic E-state index is 14.0. The molecule has 102 valence electrons. The predicted octanol–water partition coefficient (Wildman–Crippen LogP) is 4.81. The molecule has 0 saturated heterocycles. The molecule has 2 aromatic rings. The molecule has 0 aliphatic heterocycles. The number of rotatable bonds is 3. The second-order valence-corrected chi connectivity index (χ2v) is 4.97. The van der Waals surface area contributed by atoms with Crippen molar-refractivity contribution in [1.29, 1.82) is 0 Å². The van der Waals surface area contributed by atoms with Gasteiger partial charge in [-0.05, 0) is 52.4 Å². The Morgan fingerprint density at radius 2 is 1.84 bits per heavy atom. The molecule has 19 heavy (non-hydrogen) atoms. The van der Waals surface area contributed by atoms with Crippen LogP contribution in [0.2, 0.25) is 0 Å². The molecule has 0 aliphatic rings. The van der Waals surface area contributed by atoms with Gasteiger partial charge in [0, 0.05) is 0 Å². The van der Waals surface area contributed by atoms with Gasteiger partial charge in [-0.25, -0.2) is 8.78 Å². The third-order valence-corrected chi connectivity index (χ3v) is 3.44. The summed E-state index contributed by atoms with van der Waals surface area (Å²) in [5.41, 5.74) is 1.44. The first kappa shape index (κ1) is 13.8. The van der Waals surface area contributed by atoms with Crippen molar-refractivity contribution in [2.75, 3.05) is 7.11 Å². The zero-order valence-corrected chi connectivity index (χ0v) is 11.7. The van der Waals surface area contributed by atoms with Crippen LogP contribution in [0.5, 0.6) is 5.75 Å². The SMILES string of the molecule is CCc1c(F)c(F)cc2cc(OC)cc(C(C)C)c12. The normalized spacial score (nSPS) is 11.3. The average Bonchev–Trinajstić information content (AvgIpc) is 2.39. The van der Waals surface area contributed by atoms with Crippen molar-refractivity contribution in [1.82, 2.24) is 0 Å². The van der Waals surface area contributed by atoms with Crippen molar-refractivity contribution in [2.24, 2.45) is 0 Å². The predicted molar refractivity (Wildman–Crippen MR) is 73.9 cm³/mol. The molecule has 0 N–H and O–H groups in total. The third kappa shape index (κ3) is 2.29. The van der Waals surface area contributed by atoms with Crippen molar-refractivity contribution in [3.63, 3.8) is 0 Å². The fourth-order valence-corrected chi connectivity index (χ4v) is 2.48. The molecule has 0 amide bonds. The fourth-order valence-electron chi connectivity index (χ4n) is 2.48. The summed E-state index contributed by atoms with van der Waals surface area (Å²) < 4.78 is 32.8. The average molecular weight is 264 g/mol. The summed E-state index contributed by atoms with van der Waals surface area (Å²) in [4.78, 5) is 0. The molecule has 0 atom stereocenters. The van der Waals surface area contributed by atoms with Crippen molar-refractivity contribution < 1.29 is 13.5 Å². The quantitative estimate of drug-likeness (QED) is 0.772. The molecule has 2 rings (SSSR count). The van der Waals surface area contributed by atoms with E-state index in [2.05, 4.69) is 0 Å². The van der Waals surface area contributed by atoms with Gasteiger partial charge in [0.15, 0.2) is 11.6 Å². The van der Waals surface area contributed by atoms with E-state index in [0.29, 0.717) is 23.1 Å². The molecule has 0 bridgehead atoms. The Balaban J connectivity index is 2.93. The molecule has 0 unspecified atom stereocenters. The lowest BCUT2D eigenvalue weighted by molar-refractivity contribution is 0.414. The van der Waals surface area contributed by atoms with E-state index < -0.39 is 11.6 Å². The molecule has 0 aliphatic carbocycles. The Labute approximate surface area is 112 Å². The van der Waals surface area contributed by atoms with Crippen LogP contribution in [0.4, 0.5) is 8.78 Å². The summed E-state index contributed by atoms with van der Waals surface area (Å²) in [6.45, 7) is 5.91.